The van der Waals surface area contributed by atoms with Gasteiger partial charge in [0, 0.05) is 18.0 Å². The number of carbonyl (C=O) groups is 1. The first kappa shape index (κ1) is 15.6. The molecule has 0 aromatic carbocycles. The monoisotopic (exact) mass is 278 g/mol. The van der Waals surface area contributed by atoms with Crippen molar-refractivity contribution in [3.8, 4) is 0 Å². The van der Waals surface area contributed by atoms with Crippen LogP contribution in [0, 0.1) is 11.8 Å². The molecule has 0 unspecified atom stereocenters. The summed E-state index contributed by atoms with van der Waals surface area (Å²) in [5, 5.41) is 3.12. The summed E-state index contributed by atoms with van der Waals surface area (Å²) >= 11 is 0. The minimum atomic E-state index is -0.108. The standard InChI is InChI=1S/C17H30N2O/c1-17(2,3)18-16(20)15-9-11-19(12-10-15)13-14-7-5-4-6-8-14/h4-5,14-15H,6-13H2,1-3H3,(H,18,20)/t14-/m1/s1. The molecule has 0 aromatic heterocycles. The molecule has 0 radical (unpaired) electrons. The van der Waals surface area contributed by atoms with E-state index in [9.17, 15) is 4.79 Å². The van der Waals surface area contributed by atoms with E-state index in [0.717, 1.165) is 31.8 Å². The lowest BCUT2D eigenvalue weighted by Crippen LogP contribution is -2.47. The average Bonchev–Trinajstić information content (AvgIpc) is 2.39. The quantitative estimate of drug-likeness (QED) is 0.805. The molecule has 1 amide bonds. The maximum atomic E-state index is 12.2. The highest BCUT2D eigenvalue weighted by molar-refractivity contribution is 5.79. The van der Waals surface area contributed by atoms with E-state index in [0.29, 0.717) is 0 Å². The fourth-order valence-electron chi connectivity index (χ4n) is 3.24. The third-order valence-corrected chi connectivity index (χ3v) is 4.35. The Morgan fingerprint density at radius 1 is 1.20 bits per heavy atom. The van der Waals surface area contributed by atoms with Crippen LogP contribution in [0.25, 0.3) is 0 Å². The van der Waals surface area contributed by atoms with Crippen LogP contribution in [0.1, 0.15) is 52.9 Å². The number of rotatable bonds is 3. The number of likely N-dealkylation sites (tertiary alicyclic amines) is 1. The number of nitrogens with one attached hydrogen (secondary N) is 1. The molecule has 1 fully saturated rings. The lowest BCUT2D eigenvalue weighted by molar-refractivity contribution is -0.127. The zero-order valence-corrected chi connectivity index (χ0v) is 13.3. The summed E-state index contributed by atoms with van der Waals surface area (Å²) in [5.74, 6) is 1.30. The summed E-state index contributed by atoms with van der Waals surface area (Å²) in [6, 6.07) is 0. The van der Waals surface area contributed by atoms with Crippen molar-refractivity contribution in [3.63, 3.8) is 0 Å². The number of carbonyl (C=O) groups excluding carboxylic acids is 1. The molecule has 1 saturated heterocycles. The van der Waals surface area contributed by atoms with Crippen molar-refractivity contribution in [3.05, 3.63) is 12.2 Å². The van der Waals surface area contributed by atoms with Gasteiger partial charge in [0.1, 0.15) is 0 Å². The van der Waals surface area contributed by atoms with Gasteiger partial charge in [-0.15, -0.1) is 0 Å². The number of piperidine rings is 1. The first-order chi connectivity index (χ1) is 9.44. The molecule has 1 aliphatic heterocycles. The Kier molecular flexibility index (Phi) is 5.25. The molecule has 114 valence electrons. The van der Waals surface area contributed by atoms with Crippen LogP contribution in [0.4, 0.5) is 0 Å². The molecule has 3 nitrogen and oxygen atoms in total. The van der Waals surface area contributed by atoms with Crippen LogP contribution in [-0.2, 0) is 4.79 Å². The Morgan fingerprint density at radius 3 is 2.45 bits per heavy atom. The summed E-state index contributed by atoms with van der Waals surface area (Å²) < 4.78 is 0. The molecule has 1 N–H and O–H groups in total. The zero-order valence-electron chi connectivity index (χ0n) is 13.3. The second kappa shape index (κ2) is 6.75. The van der Waals surface area contributed by atoms with E-state index in [-0.39, 0.29) is 17.4 Å². The number of hydrogen-bond donors (Lipinski definition) is 1. The van der Waals surface area contributed by atoms with Gasteiger partial charge in [0.2, 0.25) is 5.91 Å². The van der Waals surface area contributed by atoms with E-state index < -0.39 is 0 Å². The van der Waals surface area contributed by atoms with E-state index in [1.165, 1.54) is 25.8 Å². The molecule has 20 heavy (non-hydrogen) atoms. The van der Waals surface area contributed by atoms with Gasteiger partial charge in [-0.1, -0.05) is 12.2 Å². The molecular weight excluding hydrogens is 248 g/mol. The van der Waals surface area contributed by atoms with Gasteiger partial charge in [-0.25, -0.2) is 0 Å². The Morgan fingerprint density at radius 2 is 1.90 bits per heavy atom. The molecule has 1 aliphatic carbocycles. The highest BCUT2D eigenvalue weighted by Gasteiger charge is 2.28. The minimum Gasteiger partial charge on any atom is -0.351 e. The lowest BCUT2D eigenvalue weighted by Gasteiger charge is -2.35. The van der Waals surface area contributed by atoms with E-state index in [2.05, 4.69) is 43.1 Å². The molecule has 0 saturated carbocycles. The number of nitrogens with zero attached hydrogens (tertiary/aromatic N) is 1. The zero-order chi connectivity index (χ0) is 14.6. The van der Waals surface area contributed by atoms with Crippen molar-refractivity contribution >= 4 is 5.91 Å². The fourth-order valence-corrected chi connectivity index (χ4v) is 3.24. The highest BCUT2D eigenvalue weighted by Crippen LogP contribution is 2.23. The van der Waals surface area contributed by atoms with Crippen molar-refractivity contribution < 1.29 is 4.79 Å². The predicted molar refractivity (Wildman–Crippen MR) is 83.5 cm³/mol. The molecule has 3 heteroatoms. The second-order valence-electron chi connectivity index (χ2n) is 7.46. The van der Waals surface area contributed by atoms with Crippen molar-refractivity contribution in [2.24, 2.45) is 11.8 Å². The second-order valence-corrected chi connectivity index (χ2v) is 7.46. The van der Waals surface area contributed by atoms with Crippen molar-refractivity contribution in [2.45, 2.75) is 58.4 Å². The molecule has 2 rings (SSSR count). The topological polar surface area (TPSA) is 32.3 Å². The lowest BCUT2D eigenvalue weighted by atomic mass is 9.91. The van der Waals surface area contributed by atoms with Crippen LogP contribution in [-0.4, -0.2) is 36.0 Å². The maximum absolute atomic E-state index is 12.2. The van der Waals surface area contributed by atoms with Gasteiger partial charge in [0.25, 0.3) is 0 Å². The van der Waals surface area contributed by atoms with E-state index in [4.69, 9.17) is 0 Å². The first-order valence-corrected chi connectivity index (χ1v) is 8.13. The number of allylic oxidation sites excluding steroid dienone is 2. The predicted octanol–water partition coefficient (Wildman–Crippen LogP) is 2.97. The average molecular weight is 278 g/mol. The van der Waals surface area contributed by atoms with Gasteiger partial charge >= 0.3 is 0 Å². The Hall–Kier alpha value is -0.830. The summed E-state index contributed by atoms with van der Waals surface area (Å²) in [6.07, 6.45) is 10.5. The van der Waals surface area contributed by atoms with Gasteiger partial charge < -0.3 is 10.2 Å². The molecule has 0 bridgehead atoms. The molecule has 1 atom stereocenters. The van der Waals surface area contributed by atoms with Crippen LogP contribution in [0.15, 0.2) is 12.2 Å². The minimum absolute atomic E-state index is 0.108. The summed E-state index contributed by atoms with van der Waals surface area (Å²) in [6.45, 7) is 9.55. The van der Waals surface area contributed by atoms with Gasteiger partial charge in [-0.2, -0.15) is 0 Å². The van der Waals surface area contributed by atoms with Crippen LogP contribution in [0.2, 0.25) is 0 Å². The van der Waals surface area contributed by atoms with E-state index >= 15 is 0 Å². The van der Waals surface area contributed by atoms with Gasteiger partial charge in [0.05, 0.1) is 0 Å². The fraction of sp³-hybridized carbons (Fsp3) is 0.824. The van der Waals surface area contributed by atoms with Crippen molar-refractivity contribution in [1.82, 2.24) is 10.2 Å². The third-order valence-electron chi connectivity index (χ3n) is 4.35. The smallest absolute Gasteiger partial charge is 0.223 e. The van der Waals surface area contributed by atoms with Gasteiger partial charge in [-0.05, 0) is 71.9 Å². The normalized spacial score (nSPS) is 25.6. The molecule has 0 aromatic rings. The van der Waals surface area contributed by atoms with Crippen molar-refractivity contribution in [1.29, 1.82) is 0 Å². The summed E-state index contributed by atoms with van der Waals surface area (Å²) in [5.41, 5.74) is -0.108. The van der Waals surface area contributed by atoms with Gasteiger partial charge in [0.15, 0.2) is 0 Å². The Balaban J connectivity index is 1.72. The van der Waals surface area contributed by atoms with Crippen LogP contribution < -0.4 is 5.32 Å². The number of hydrogen-bond acceptors (Lipinski definition) is 2. The molecule has 1 heterocycles. The number of amides is 1. The van der Waals surface area contributed by atoms with Crippen LogP contribution >= 0.6 is 0 Å². The molecule has 2 aliphatic rings. The van der Waals surface area contributed by atoms with Gasteiger partial charge in [-0.3, -0.25) is 4.79 Å². The highest BCUT2D eigenvalue weighted by atomic mass is 16.2. The molecular formula is C17H30N2O. The van der Waals surface area contributed by atoms with Crippen LogP contribution in [0.5, 0.6) is 0 Å². The Labute approximate surface area is 123 Å². The third kappa shape index (κ3) is 4.93. The summed E-state index contributed by atoms with van der Waals surface area (Å²) in [7, 11) is 0. The largest absolute Gasteiger partial charge is 0.351 e. The SMILES string of the molecule is CC(C)(C)NC(=O)C1CCN(C[C@@H]2CC=CCC2)CC1. The van der Waals surface area contributed by atoms with E-state index in [1.54, 1.807) is 0 Å². The van der Waals surface area contributed by atoms with Crippen LogP contribution in [0.3, 0.4) is 0 Å². The van der Waals surface area contributed by atoms with Crippen molar-refractivity contribution in [2.75, 3.05) is 19.6 Å². The molecule has 0 spiro atoms. The van der Waals surface area contributed by atoms with E-state index in [1.807, 2.05) is 0 Å². The Bertz CT molecular complexity index is 348. The first-order valence-electron chi connectivity index (χ1n) is 8.13. The maximum Gasteiger partial charge on any atom is 0.223 e. The summed E-state index contributed by atoms with van der Waals surface area (Å²) in [4.78, 5) is 14.7.